The fraction of sp³-hybridized carbons (Fsp3) is 0.190. The number of anilines is 1. The van der Waals surface area contributed by atoms with Crippen molar-refractivity contribution in [1.82, 2.24) is 4.90 Å². The Balaban J connectivity index is 1.83. The number of ether oxygens (including phenoxy) is 1. The maximum absolute atomic E-state index is 12.9. The number of nitrogens with zero attached hydrogens (tertiary/aromatic N) is 1. The molecule has 0 saturated heterocycles. The lowest BCUT2D eigenvalue weighted by Gasteiger charge is -2.18. The Morgan fingerprint density at radius 2 is 1.83 bits per heavy atom. The van der Waals surface area contributed by atoms with Crippen LogP contribution in [0.2, 0.25) is 4.34 Å². The van der Waals surface area contributed by atoms with Crippen LogP contribution < -0.4 is 9.46 Å². The normalized spacial score (nSPS) is 11.2. The van der Waals surface area contributed by atoms with Crippen molar-refractivity contribution in [3.05, 3.63) is 74.9 Å². The van der Waals surface area contributed by atoms with Gasteiger partial charge < -0.3 is 9.64 Å². The van der Waals surface area contributed by atoms with E-state index in [1.165, 1.54) is 29.4 Å². The predicted octanol–water partition coefficient (Wildman–Crippen LogP) is 4.79. The zero-order chi connectivity index (χ0) is 21.9. The molecule has 1 amide bonds. The van der Waals surface area contributed by atoms with Gasteiger partial charge in [0.2, 0.25) is 0 Å². The van der Waals surface area contributed by atoms with Crippen LogP contribution in [0.15, 0.2) is 59.5 Å². The minimum atomic E-state index is -3.88. The molecule has 0 aliphatic heterocycles. The van der Waals surface area contributed by atoms with Crippen molar-refractivity contribution in [2.75, 3.05) is 18.9 Å². The number of nitrogens with one attached hydrogen (secondary N) is 1. The molecule has 0 atom stereocenters. The SMILES string of the molecule is COc1ccc(NS(=O)(=O)c2cc(C(=O)N(C)Cc3ccc(Cl)s3)ccc2C)cc1. The van der Waals surface area contributed by atoms with Crippen molar-refractivity contribution in [3.63, 3.8) is 0 Å². The van der Waals surface area contributed by atoms with Crippen LogP contribution in [0.4, 0.5) is 5.69 Å². The van der Waals surface area contributed by atoms with E-state index >= 15 is 0 Å². The molecule has 0 radical (unpaired) electrons. The molecule has 1 N–H and O–H groups in total. The molecule has 6 nitrogen and oxygen atoms in total. The van der Waals surface area contributed by atoms with Crippen LogP contribution in [0.3, 0.4) is 0 Å². The summed E-state index contributed by atoms with van der Waals surface area (Å²) in [5.74, 6) is 0.345. The van der Waals surface area contributed by atoms with E-state index in [0.29, 0.717) is 33.4 Å². The Labute approximate surface area is 185 Å². The summed E-state index contributed by atoms with van der Waals surface area (Å²) in [6.45, 7) is 2.07. The highest BCUT2D eigenvalue weighted by Crippen LogP contribution is 2.25. The van der Waals surface area contributed by atoms with Gasteiger partial charge in [-0.25, -0.2) is 8.42 Å². The maximum atomic E-state index is 12.9. The summed E-state index contributed by atoms with van der Waals surface area (Å²) in [5, 5.41) is 0. The van der Waals surface area contributed by atoms with Crippen LogP contribution in [-0.4, -0.2) is 33.4 Å². The van der Waals surface area contributed by atoms with Crippen LogP contribution in [0.25, 0.3) is 0 Å². The summed E-state index contributed by atoms with van der Waals surface area (Å²) < 4.78 is 34.2. The van der Waals surface area contributed by atoms with Crippen LogP contribution in [-0.2, 0) is 16.6 Å². The van der Waals surface area contributed by atoms with Crippen molar-refractivity contribution < 1.29 is 17.9 Å². The fourth-order valence-corrected chi connectivity index (χ4v) is 5.33. The average Bonchev–Trinajstić information content (AvgIpc) is 3.12. The molecule has 0 fully saturated rings. The van der Waals surface area contributed by atoms with E-state index in [1.54, 1.807) is 56.4 Å². The molecular weight excluding hydrogens is 444 g/mol. The van der Waals surface area contributed by atoms with Gasteiger partial charge >= 0.3 is 0 Å². The summed E-state index contributed by atoms with van der Waals surface area (Å²) in [4.78, 5) is 15.4. The number of carbonyl (C=O) groups excluding carboxylic acids is 1. The van der Waals surface area contributed by atoms with Crippen molar-refractivity contribution in [1.29, 1.82) is 0 Å². The number of aryl methyl sites for hydroxylation is 1. The number of rotatable bonds is 7. The minimum absolute atomic E-state index is 0.0525. The van der Waals surface area contributed by atoms with Gasteiger partial charge in [-0.3, -0.25) is 9.52 Å². The van der Waals surface area contributed by atoms with E-state index in [0.717, 1.165) is 4.88 Å². The lowest BCUT2D eigenvalue weighted by Crippen LogP contribution is -2.26. The summed E-state index contributed by atoms with van der Waals surface area (Å²) in [5.41, 5.74) is 1.24. The Kier molecular flexibility index (Phi) is 6.70. The first-order valence-electron chi connectivity index (χ1n) is 8.97. The predicted molar refractivity (Wildman–Crippen MR) is 120 cm³/mol. The number of hydrogen-bond donors (Lipinski definition) is 1. The van der Waals surface area contributed by atoms with Gasteiger partial charge in [-0.1, -0.05) is 17.7 Å². The highest BCUT2D eigenvalue weighted by molar-refractivity contribution is 7.92. The van der Waals surface area contributed by atoms with Crippen LogP contribution in [0, 0.1) is 6.92 Å². The van der Waals surface area contributed by atoms with E-state index in [-0.39, 0.29) is 10.8 Å². The van der Waals surface area contributed by atoms with Gasteiger partial charge in [-0.15, -0.1) is 11.3 Å². The molecule has 0 spiro atoms. The van der Waals surface area contributed by atoms with E-state index in [1.807, 2.05) is 6.07 Å². The molecule has 0 aliphatic rings. The topological polar surface area (TPSA) is 75.7 Å². The largest absolute Gasteiger partial charge is 0.497 e. The number of amides is 1. The Hall–Kier alpha value is -2.55. The second-order valence-electron chi connectivity index (χ2n) is 6.68. The Morgan fingerprint density at radius 3 is 2.43 bits per heavy atom. The van der Waals surface area contributed by atoms with Crippen molar-refractivity contribution >= 4 is 44.6 Å². The lowest BCUT2D eigenvalue weighted by molar-refractivity contribution is 0.0786. The van der Waals surface area contributed by atoms with Gasteiger partial charge in [0.05, 0.1) is 22.9 Å². The number of hydrogen-bond acceptors (Lipinski definition) is 5. The molecular formula is C21H21ClN2O4S2. The smallest absolute Gasteiger partial charge is 0.262 e. The molecule has 3 rings (SSSR count). The van der Waals surface area contributed by atoms with E-state index < -0.39 is 10.0 Å². The summed E-state index contributed by atoms with van der Waals surface area (Å²) in [6, 6.07) is 14.9. The van der Waals surface area contributed by atoms with Gasteiger partial charge in [0.25, 0.3) is 15.9 Å². The first-order valence-corrected chi connectivity index (χ1v) is 11.6. The van der Waals surface area contributed by atoms with Crippen molar-refractivity contribution in [2.24, 2.45) is 0 Å². The fourth-order valence-electron chi connectivity index (χ4n) is 2.85. The van der Waals surface area contributed by atoms with Gasteiger partial charge in [-0.05, 0) is 61.0 Å². The molecule has 0 bridgehead atoms. The van der Waals surface area contributed by atoms with Gasteiger partial charge in [0.15, 0.2) is 0 Å². The number of benzene rings is 2. The van der Waals surface area contributed by atoms with Crippen LogP contribution >= 0.6 is 22.9 Å². The first kappa shape index (κ1) is 22.1. The highest BCUT2D eigenvalue weighted by Gasteiger charge is 2.21. The van der Waals surface area contributed by atoms with Crippen LogP contribution in [0.1, 0.15) is 20.8 Å². The molecule has 30 heavy (non-hydrogen) atoms. The molecule has 1 aromatic heterocycles. The quantitative estimate of drug-likeness (QED) is 0.545. The maximum Gasteiger partial charge on any atom is 0.262 e. The number of carbonyl (C=O) groups is 1. The van der Waals surface area contributed by atoms with Crippen molar-refractivity contribution in [2.45, 2.75) is 18.4 Å². The third-order valence-corrected chi connectivity index (χ3v) is 7.17. The number of sulfonamides is 1. The Bertz CT molecular complexity index is 1160. The summed E-state index contributed by atoms with van der Waals surface area (Å²) in [7, 11) is -0.675. The van der Waals surface area contributed by atoms with Crippen LogP contribution in [0.5, 0.6) is 5.75 Å². The monoisotopic (exact) mass is 464 g/mol. The van der Waals surface area contributed by atoms with E-state index in [9.17, 15) is 13.2 Å². The molecule has 3 aromatic rings. The highest BCUT2D eigenvalue weighted by atomic mass is 35.5. The average molecular weight is 465 g/mol. The number of methoxy groups -OCH3 is 1. The van der Waals surface area contributed by atoms with E-state index in [4.69, 9.17) is 16.3 Å². The molecule has 1 heterocycles. The lowest BCUT2D eigenvalue weighted by atomic mass is 10.1. The number of thiophene rings is 1. The summed E-state index contributed by atoms with van der Waals surface area (Å²) in [6.07, 6.45) is 0. The zero-order valence-electron chi connectivity index (χ0n) is 16.7. The molecule has 0 saturated carbocycles. The third kappa shape index (κ3) is 5.13. The van der Waals surface area contributed by atoms with Gasteiger partial charge in [0.1, 0.15) is 5.75 Å². The number of halogens is 1. The van der Waals surface area contributed by atoms with E-state index in [2.05, 4.69) is 4.72 Å². The Morgan fingerprint density at radius 1 is 1.13 bits per heavy atom. The molecule has 0 aliphatic carbocycles. The molecule has 2 aromatic carbocycles. The second kappa shape index (κ2) is 9.07. The zero-order valence-corrected chi connectivity index (χ0v) is 19.1. The third-order valence-electron chi connectivity index (χ3n) is 4.44. The standard InChI is InChI=1S/C21H21ClN2O4S2/c1-14-4-5-15(21(25)24(2)13-18-10-11-20(22)29-18)12-19(14)30(26,27)23-16-6-8-17(28-3)9-7-16/h4-12,23H,13H2,1-3H3. The van der Waals surface area contributed by atoms with Crippen molar-refractivity contribution in [3.8, 4) is 5.75 Å². The molecule has 158 valence electrons. The minimum Gasteiger partial charge on any atom is -0.497 e. The van der Waals surface area contributed by atoms with Gasteiger partial charge in [-0.2, -0.15) is 0 Å². The van der Waals surface area contributed by atoms with Gasteiger partial charge in [0, 0.05) is 23.2 Å². The first-order chi connectivity index (χ1) is 14.2. The summed E-state index contributed by atoms with van der Waals surface area (Å²) >= 11 is 7.35. The molecule has 0 unspecified atom stereocenters. The molecule has 9 heteroatoms. The second-order valence-corrected chi connectivity index (χ2v) is 10.1.